The fourth-order valence-electron chi connectivity index (χ4n) is 1.38. The van der Waals surface area contributed by atoms with Gasteiger partial charge in [-0.15, -0.1) is 0 Å². The lowest BCUT2D eigenvalue weighted by Crippen LogP contribution is -2.17. The van der Waals surface area contributed by atoms with Crippen LogP contribution in [0.1, 0.15) is 46.5 Å². The standard InChI is InChI=1S/C10H22O2S/c1-4-7-8-10(5-2)9-13(11,12)6-3/h10H,4-9H2,1-3H3. The van der Waals surface area contributed by atoms with Gasteiger partial charge in [0.2, 0.25) is 0 Å². The van der Waals surface area contributed by atoms with Gasteiger partial charge in [0.1, 0.15) is 9.84 Å². The Morgan fingerprint density at radius 1 is 1.15 bits per heavy atom. The van der Waals surface area contributed by atoms with Gasteiger partial charge in [-0.1, -0.05) is 40.0 Å². The summed E-state index contributed by atoms with van der Waals surface area (Å²) in [6.45, 7) is 5.94. The maximum atomic E-state index is 11.3. The van der Waals surface area contributed by atoms with Gasteiger partial charge in [0, 0.05) is 5.75 Å². The maximum absolute atomic E-state index is 11.3. The Labute approximate surface area is 82.6 Å². The Hall–Kier alpha value is -0.0500. The SMILES string of the molecule is CCCCC(CC)CS(=O)(=O)CC. The highest BCUT2D eigenvalue weighted by Crippen LogP contribution is 2.15. The highest BCUT2D eigenvalue weighted by Gasteiger charge is 2.15. The Kier molecular flexibility index (Phi) is 6.39. The molecule has 3 heteroatoms. The predicted octanol–water partition coefficient (Wildman–Crippen LogP) is 2.64. The molecule has 0 aliphatic rings. The molecule has 0 bridgehead atoms. The minimum Gasteiger partial charge on any atom is -0.229 e. The highest BCUT2D eigenvalue weighted by molar-refractivity contribution is 7.91. The zero-order valence-corrected chi connectivity index (χ0v) is 9.86. The molecule has 0 radical (unpaired) electrons. The first-order valence-electron chi connectivity index (χ1n) is 5.26. The van der Waals surface area contributed by atoms with Crippen molar-refractivity contribution in [3.8, 4) is 0 Å². The Morgan fingerprint density at radius 3 is 2.15 bits per heavy atom. The molecule has 0 aromatic rings. The van der Waals surface area contributed by atoms with Crippen LogP contribution in [0.5, 0.6) is 0 Å². The van der Waals surface area contributed by atoms with Crippen molar-refractivity contribution in [2.45, 2.75) is 46.5 Å². The molecule has 2 nitrogen and oxygen atoms in total. The quantitative estimate of drug-likeness (QED) is 0.641. The summed E-state index contributed by atoms with van der Waals surface area (Å²) in [5.74, 6) is 1.06. The molecule has 0 spiro atoms. The molecule has 13 heavy (non-hydrogen) atoms. The van der Waals surface area contributed by atoms with E-state index in [2.05, 4.69) is 13.8 Å². The van der Waals surface area contributed by atoms with Crippen LogP contribution in [-0.2, 0) is 9.84 Å². The minimum absolute atomic E-state index is 0.287. The van der Waals surface area contributed by atoms with Crippen molar-refractivity contribution in [2.75, 3.05) is 11.5 Å². The van der Waals surface area contributed by atoms with Crippen LogP contribution in [0, 0.1) is 5.92 Å². The van der Waals surface area contributed by atoms with Crippen molar-refractivity contribution in [1.82, 2.24) is 0 Å². The van der Waals surface area contributed by atoms with E-state index in [1.54, 1.807) is 6.92 Å². The zero-order valence-electron chi connectivity index (χ0n) is 9.04. The third kappa shape index (κ3) is 6.08. The van der Waals surface area contributed by atoms with Gasteiger partial charge in [-0.2, -0.15) is 0 Å². The third-order valence-electron chi connectivity index (χ3n) is 2.47. The van der Waals surface area contributed by atoms with Crippen LogP contribution in [0.4, 0.5) is 0 Å². The first-order chi connectivity index (χ1) is 6.05. The Morgan fingerprint density at radius 2 is 1.77 bits per heavy atom. The van der Waals surface area contributed by atoms with Gasteiger partial charge in [0.15, 0.2) is 0 Å². The number of unbranched alkanes of at least 4 members (excludes halogenated alkanes) is 1. The van der Waals surface area contributed by atoms with E-state index in [-0.39, 0.29) is 5.75 Å². The molecule has 0 rings (SSSR count). The van der Waals surface area contributed by atoms with E-state index in [9.17, 15) is 8.42 Å². The zero-order chi connectivity index (χ0) is 10.3. The molecule has 0 aromatic carbocycles. The third-order valence-corrected chi connectivity index (χ3v) is 4.33. The van der Waals surface area contributed by atoms with Crippen LogP contribution in [0.15, 0.2) is 0 Å². The molecule has 0 heterocycles. The van der Waals surface area contributed by atoms with Crippen molar-refractivity contribution in [3.05, 3.63) is 0 Å². The minimum atomic E-state index is -2.76. The van der Waals surface area contributed by atoms with E-state index in [4.69, 9.17) is 0 Å². The van der Waals surface area contributed by atoms with Gasteiger partial charge in [0.05, 0.1) is 5.75 Å². The van der Waals surface area contributed by atoms with E-state index < -0.39 is 9.84 Å². The molecular formula is C10H22O2S. The van der Waals surface area contributed by atoms with Gasteiger partial charge in [-0.05, 0) is 12.3 Å². The average molecular weight is 206 g/mol. The summed E-state index contributed by atoms with van der Waals surface area (Å²) in [5.41, 5.74) is 0. The number of hydrogen-bond acceptors (Lipinski definition) is 2. The van der Waals surface area contributed by atoms with E-state index in [1.165, 1.54) is 0 Å². The van der Waals surface area contributed by atoms with Gasteiger partial charge in [-0.25, -0.2) is 8.42 Å². The molecule has 0 N–H and O–H groups in total. The molecule has 0 aliphatic carbocycles. The molecule has 0 saturated carbocycles. The number of rotatable bonds is 7. The lowest BCUT2D eigenvalue weighted by molar-refractivity contribution is 0.484. The van der Waals surface area contributed by atoms with E-state index >= 15 is 0 Å². The molecule has 0 amide bonds. The second-order valence-electron chi connectivity index (χ2n) is 3.62. The van der Waals surface area contributed by atoms with Crippen molar-refractivity contribution in [3.63, 3.8) is 0 Å². The summed E-state index contributed by atoms with van der Waals surface area (Å²) in [6.07, 6.45) is 4.35. The summed E-state index contributed by atoms with van der Waals surface area (Å²) in [6, 6.07) is 0. The maximum Gasteiger partial charge on any atom is 0.150 e. The van der Waals surface area contributed by atoms with Crippen molar-refractivity contribution < 1.29 is 8.42 Å². The van der Waals surface area contributed by atoms with E-state index in [1.807, 2.05) is 0 Å². The number of hydrogen-bond donors (Lipinski definition) is 0. The molecule has 1 atom stereocenters. The first kappa shape index (κ1) is 12.9. The second kappa shape index (κ2) is 6.41. The number of sulfone groups is 1. The molecule has 0 aliphatic heterocycles. The molecule has 1 unspecified atom stereocenters. The van der Waals surface area contributed by atoms with Crippen molar-refractivity contribution >= 4 is 9.84 Å². The van der Waals surface area contributed by atoms with Gasteiger partial charge in [-0.3, -0.25) is 0 Å². The molecular weight excluding hydrogens is 184 g/mol. The summed E-state index contributed by atoms with van der Waals surface area (Å²) < 4.78 is 22.7. The predicted molar refractivity (Wildman–Crippen MR) is 57.6 cm³/mol. The Bertz CT molecular complexity index is 207. The summed E-state index contributed by atoms with van der Waals surface area (Å²) in [4.78, 5) is 0. The van der Waals surface area contributed by atoms with Gasteiger partial charge >= 0.3 is 0 Å². The smallest absolute Gasteiger partial charge is 0.150 e. The van der Waals surface area contributed by atoms with Crippen LogP contribution in [0.3, 0.4) is 0 Å². The largest absolute Gasteiger partial charge is 0.229 e. The Balaban J connectivity index is 3.97. The summed E-state index contributed by atoms with van der Waals surface area (Å²) in [5, 5.41) is 0. The fourth-order valence-corrected chi connectivity index (χ4v) is 2.73. The van der Waals surface area contributed by atoms with Crippen LogP contribution >= 0.6 is 0 Å². The fraction of sp³-hybridized carbons (Fsp3) is 1.00. The van der Waals surface area contributed by atoms with Crippen LogP contribution in [0.25, 0.3) is 0 Å². The normalized spacial score (nSPS) is 14.4. The van der Waals surface area contributed by atoms with Crippen LogP contribution in [0.2, 0.25) is 0 Å². The molecule has 0 aromatic heterocycles. The lowest BCUT2D eigenvalue weighted by atomic mass is 10.0. The summed E-state index contributed by atoms with van der Waals surface area (Å²) in [7, 11) is -2.76. The lowest BCUT2D eigenvalue weighted by Gasteiger charge is -2.13. The first-order valence-corrected chi connectivity index (χ1v) is 7.08. The highest BCUT2D eigenvalue weighted by atomic mass is 32.2. The molecule has 80 valence electrons. The van der Waals surface area contributed by atoms with Crippen molar-refractivity contribution in [1.29, 1.82) is 0 Å². The molecule has 0 fully saturated rings. The van der Waals surface area contributed by atoms with Crippen LogP contribution < -0.4 is 0 Å². The second-order valence-corrected chi connectivity index (χ2v) is 6.01. The monoisotopic (exact) mass is 206 g/mol. The molecule has 0 saturated heterocycles. The van der Waals surface area contributed by atoms with E-state index in [0.29, 0.717) is 11.7 Å². The topological polar surface area (TPSA) is 34.1 Å². The summed E-state index contributed by atoms with van der Waals surface area (Å²) >= 11 is 0. The average Bonchev–Trinajstić information content (AvgIpc) is 2.12. The van der Waals surface area contributed by atoms with Crippen molar-refractivity contribution in [2.24, 2.45) is 5.92 Å². The van der Waals surface area contributed by atoms with Crippen LogP contribution in [-0.4, -0.2) is 19.9 Å². The van der Waals surface area contributed by atoms with Gasteiger partial charge in [0.25, 0.3) is 0 Å². The van der Waals surface area contributed by atoms with Gasteiger partial charge < -0.3 is 0 Å². The van der Waals surface area contributed by atoms with E-state index in [0.717, 1.165) is 25.7 Å².